The zero-order valence-electron chi connectivity index (χ0n) is 12.6. The van der Waals surface area contributed by atoms with Crippen LogP contribution in [0.5, 0.6) is 5.75 Å². The first-order valence-electron chi connectivity index (χ1n) is 7.69. The summed E-state index contributed by atoms with van der Waals surface area (Å²) in [4.78, 5) is 4.82. The predicted molar refractivity (Wildman–Crippen MR) is 89.9 cm³/mol. The van der Waals surface area contributed by atoms with Crippen molar-refractivity contribution >= 4 is 22.3 Å². The Morgan fingerprint density at radius 1 is 1.09 bits per heavy atom. The molecule has 0 saturated heterocycles. The quantitative estimate of drug-likeness (QED) is 0.684. The van der Waals surface area contributed by atoms with Crippen molar-refractivity contribution in [3.63, 3.8) is 0 Å². The maximum atomic E-state index is 10.1. The molecule has 2 aromatic carbocycles. The number of pyridine rings is 1. The number of nitrogens with one attached hydrogen (secondary N) is 1. The van der Waals surface area contributed by atoms with Gasteiger partial charge in [-0.05, 0) is 56.0 Å². The number of aryl methyl sites for hydroxylation is 2. The van der Waals surface area contributed by atoms with Crippen molar-refractivity contribution in [1.82, 2.24) is 4.98 Å². The number of hydrogen-bond acceptors (Lipinski definition) is 3. The van der Waals surface area contributed by atoms with E-state index >= 15 is 0 Å². The van der Waals surface area contributed by atoms with Crippen LogP contribution in [0.2, 0.25) is 0 Å². The van der Waals surface area contributed by atoms with E-state index in [9.17, 15) is 5.11 Å². The Balaban J connectivity index is 1.95. The largest absolute Gasteiger partial charge is 0.506 e. The fourth-order valence-corrected chi connectivity index (χ4v) is 3.23. The van der Waals surface area contributed by atoms with Gasteiger partial charge in [0.25, 0.3) is 0 Å². The standard InChI is InChI=1S/C19H18N2O/c1-12-9-10-16-14(11-12)19(13-5-4-7-15(13)20-16)21-17-6-2-3-8-18(17)22/h2-3,6,8-11,22H,4-5,7H2,1H3,(H,20,21). The van der Waals surface area contributed by atoms with Crippen LogP contribution in [0.1, 0.15) is 23.2 Å². The number of rotatable bonds is 2. The lowest BCUT2D eigenvalue weighted by Crippen LogP contribution is -2.00. The SMILES string of the molecule is Cc1ccc2nc3c(c(Nc4ccccc4O)c2c1)CCC3. The second-order valence-corrected chi connectivity index (χ2v) is 5.93. The first-order chi connectivity index (χ1) is 10.7. The molecule has 3 nitrogen and oxygen atoms in total. The second-order valence-electron chi connectivity index (χ2n) is 5.93. The molecule has 1 aliphatic carbocycles. The van der Waals surface area contributed by atoms with Gasteiger partial charge in [-0.2, -0.15) is 0 Å². The molecular formula is C19H18N2O. The molecule has 0 fully saturated rings. The zero-order valence-corrected chi connectivity index (χ0v) is 12.6. The number of aromatic nitrogens is 1. The van der Waals surface area contributed by atoms with Crippen LogP contribution in [0.3, 0.4) is 0 Å². The molecule has 110 valence electrons. The maximum absolute atomic E-state index is 10.1. The van der Waals surface area contributed by atoms with Crippen molar-refractivity contribution < 1.29 is 5.11 Å². The third kappa shape index (κ3) is 2.10. The van der Waals surface area contributed by atoms with Gasteiger partial charge in [0.1, 0.15) is 5.75 Å². The summed E-state index contributed by atoms with van der Waals surface area (Å²) in [5.74, 6) is 0.270. The van der Waals surface area contributed by atoms with E-state index in [0.29, 0.717) is 0 Å². The number of benzene rings is 2. The van der Waals surface area contributed by atoms with Gasteiger partial charge in [-0.1, -0.05) is 23.8 Å². The summed E-state index contributed by atoms with van der Waals surface area (Å²) < 4.78 is 0. The molecule has 0 amide bonds. The molecule has 2 N–H and O–H groups in total. The van der Waals surface area contributed by atoms with Crippen molar-refractivity contribution in [2.24, 2.45) is 0 Å². The van der Waals surface area contributed by atoms with Crippen LogP contribution in [0.4, 0.5) is 11.4 Å². The molecule has 4 rings (SSSR count). The summed E-state index contributed by atoms with van der Waals surface area (Å²) in [6, 6.07) is 13.7. The minimum Gasteiger partial charge on any atom is -0.506 e. The monoisotopic (exact) mass is 290 g/mol. The van der Waals surface area contributed by atoms with Gasteiger partial charge in [0.15, 0.2) is 0 Å². The van der Waals surface area contributed by atoms with Gasteiger partial charge in [-0.15, -0.1) is 0 Å². The molecule has 3 heteroatoms. The number of phenols is 1. The van der Waals surface area contributed by atoms with Gasteiger partial charge in [0, 0.05) is 11.1 Å². The van der Waals surface area contributed by atoms with E-state index in [-0.39, 0.29) is 5.75 Å². The van der Waals surface area contributed by atoms with Crippen LogP contribution in [0.15, 0.2) is 42.5 Å². The molecule has 0 saturated carbocycles. The third-order valence-electron chi connectivity index (χ3n) is 4.33. The zero-order chi connectivity index (χ0) is 15.1. The molecule has 0 bridgehead atoms. The number of hydrogen-bond donors (Lipinski definition) is 2. The van der Waals surface area contributed by atoms with E-state index in [1.165, 1.54) is 16.8 Å². The molecule has 1 heterocycles. The first-order valence-corrected chi connectivity index (χ1v) is 7.69. The lowest BCUT2D eigenvalue weighted by atomic mass is 10.0. The Morgan fingerprint density at radius 3 is 2.82 bits per heavy atom. The molecule has 3 aromatic rings. The minimum atomic E-state index is 0.270. The van der Waals surface area contributed by atoms with Crippen LogP contribution in [-0.2, 0) is 12.8 Å². The molecule has 0 atom stereocenters. The summed E-state index contributed by atoms with van der Waals surface area (Å²) in [7, 11) is 0. The fraction of sp³-hybridized carbons (Fsp3) is 0.211. The first kappa shape index (κ1) is 13.1. The summed E-state index contributed by atoms with van der Waals surface area (Å²) in [6.07, 6.45) is 3.23. The highest BCUT2D eigenvalue weighted by molar-refractivity contribution is 5.96. The summed E-state index contributed by atoms with van der Waals surface area (Å²) in [6.45, 7) is 2.09. The minimum absolute atomic E-state index is 0.270. The number of aromatic hydroxyl groups is 1. The fourth-order valence-electron chi connectivity index (χ4n) is 3.23. The van der Waals surface area contributed by atoms with E-state index in [2.05, 4.69) is 30.4 Å². The normalized spacial score (nSPS) is 13.3. The Hall–Kier alpha value is -2.55. The van der Waals surface area contributed by atoms with Crippen LogP contribution in [-0.4, -0.2) is 10.1 Å². The van der Waals surface area contributed by atoms with Gasteiger partial charge in [0.2, 0.25) is 0 Å². The van der Waals surface area contributed by atoms with E-state index < -0.39 is 0 Å². The Bertz CT molecular complexity index is 871. The third-order valence-corrected chi connectivity index (χ3v) is 4.33. The van der Waals surface area contributed by atoms with Gasteiger partial charge in [-0.3, -0.25) is 4.98 Å². The molecule has 0 unspecified atom stereocenters. The van der Waals surface area contributed by atoms with Crippen molar-refractivity contribution in [2.75, 3.05) is 5.32 Å². The molecule has 0 aliphatic heterocycles. The molecule has 0 radical (unpaired) electrons. The van der Waals surface area contributed by atoms with E-state index in [1.54, 1.807) is 6.07 Å². The van der Waals surface area contributed by atoms with Gasteiger partial charge < -0.3 is 10.4 Å². The molecule has 0 spiro atoms. The molecular weight excluding hydrogens is 272 g/mol. The van der Waals surface area contributed by atoms with Crippen molar-refractivity contribution in [3.8, 4) is 5.75 Å². The summed E-state index contributed by atoms with van der Waals surface area (Å²) >= 11 is 0. The van der Waals surface area contributed by atoms with Gasteiger partial charge >= 0.3 is 0 Å². The van der Waals surface area contributed by atoms with Crippen LogP contribution < -0.4 is 5.32 Å². The lowest BCUT2D eigenvalue weighted by molar-refractivity contribution is 0.478. The highest BCUT2D eigenvalue weighted by Crippen LogP contribution is 2.37. The Kier molecular flexibility index (Phi) is 3.00. The lowest BCUT2D eigenvalue weighted by Gasteiger charge is -2.16. The van der Waals surface area contributed by atoms with Crippen LogP contribution >= 0.6 is 0 Å². The number of anilines is 2. The number of phenolic OH excluding ortho intramolecular Hbond substituents is 1. The predicted octanol–water partition coefficient (Wildman–Crippen LogP) is 4.48. The summed E-state index contributed by atoms with van der Waals surface area (Å²) in [5.41, 5.74) is 6.56. The van der Waals surface area contributed by atoms with Crippen molar-refractivity contribution in [3.05, 3.63) is 59.3 Å². The Labute approximate surface area is 129 Å². The highest BCUT2D eigenvalue weighted by atomic mass is 16.3. The van der Waals surface area contributed by atoms with Crippen molar-refractivity contribution in [2.45, 2.75) is 26.2 Å². The molecule has 22 heavy (non-hydrogen) atoms. The van der Waals surface area contributed by atoms with E-state index in [0.717, 1.165) is 41.5 Å². The molecule has 1 aromatic heterocycles. The smallest absolute Gasteiger partial charge is 0.139 e. The number of nitrogens with zero attached hydrogens (tertiary/aromatic N) is 1. The number of fused-ring (bicyclic) bond motifs is 2. The average Bonchev–Trinajstić information content (AvgIpc) is 2.98. The van der Waals surface area contributed by atoms with Gasteiger partial charge in [0.05, 0.1) is 16.9 Å². The average molecular weight is 290 g/mol. The Morgan fingerprint density at radius 2 is 1.95 bits per heavy atom. The van der Waals surface area contributed by atoms with Crippen LogP contribution in [0, 0.1) is 6.92 Å². The van der Waals surface area contributed by atoms with Crippen molar-refractivity contribution in [1.29, 1.82) is 0 Å². The van der Waals surface area contributed by atoms with E-state index in [4.69, 9.17) is 4.98 Å². The topological polar surface area (TPSA) is 45.2 Å². The second kappa shape index (κ2) is 5.02. The van der Waals surface area contributed by atoms with Gasteiger partial charge in [-0.25, -0.2) is 0 Å². The molecule has 1 aliphatic rings. The van der Waals surface area contributed by atoms with E-state index in [1.807, 2.05) is 18.2 Å². The highest BCUT2D eigenvalue weighted by Gasteiger charge is 2.20. The summed E-state index contributed by atoms with van der Waals surface area (Å²) in [5, 5.41) is 14.7. The van der Waals surface area contributed by atoms with Crippen LogP contribution in [0.25, 0.3) is 10.9 Å². The maximum Gasteiger partial charge on any atom is 0.139 e. The number of para-hydroxylation sites is 2.